The molecule has 0 bridgehead atoms. The summed E-state index contributed by atoms with van der Waals surface area (Å²) in [5.74, 6) is 1.00. The van der Waals surface area contributed by atoms with Crippen LogP contribution in [0.5, 0.6) is 0 Å². The molecule has 1 amide bonds. The minimum absolute atomic E-state index is 0.0319. The molecule has 1 fully saturated rings. The average Bonchev–Trinajstić information content (AvgIpc) is 3.21. The third-order valence-electron chi connectivity index (χ3n) is 4.99. The summed E-state index contributed by atoms with van der Waals surface area (Å²) in [6.45, 7) is 5.68. The predicted octanol–water partition coefficient (Wildman–Crippen LogP) is 3.15. The van der Waals surface area contributed by atoms with Gasteiger partial charge in [-0.1, -0.05) is 17.3 Å². The molecule has 2 heterocycles. The maximum atomic E-state index is 12.8. The summed E-state index contributed by atoms with van der Waals surface area (Å²) in [5, 5.41) is 3.79. The van der Waals surface area contributed by atoms with Crippen molar-refractivity contribution in [2.75, 3.05) is 38.3 Å². The lowest BCUT2D eigenvalue weighted by Gasteiger charge is -2.29. The van der Waals surface area contributed by atoms with Crippen molar-refractivity contribution in [3.05, 3.63) is 65.5 Å². The largest absolute Gasteiger partial charge is 0.378 e. The summed E-state index contributed by atoms with van der Waals surface area (Å²) in [4.78, 5) is 21.0. The van der Waals surface area contributed by atoms with E-state index >= 15 is 0 Å². The van der Waals surface area contributed by atoms with Gasteiger partial charge in [-0.3, -0.25) is 4.79 Å². The molecule has 150 valence electrons. The van der Waals surface area contributed by atoms with Crippen molar-refractivity contribution in [3.8, 4) is 11.5 Å². The average molecular weight is 392 g/mol. The van der Waals surface area contributed by atoms with E-state index in [0.717, 1.165) is 37.4 Å². The van der Waals surface area contributed by atoms with Crippen LogP contribution in [0.3, 0.4) is 0 Å². The first kappa shape index (κ1) is 19.1. The van der Waals surface area contributed by atoms with Crippen LogP contribution in [0.2, 0.25) is 0 Å². The highest BCUT2D eigenvalue weighted by Crippen LogP contribution is 2.20. The molecule has 7 nitrogen and oxygen atoms in total. The van der Waals surface area contributed by atoms with E-state index < -0.39 is 0 Å². The van der Waals surface area contributed by atoms with Crippen LogP contribution in [0.15, 0.2) is 53.1 Å². The molecule has 29 heavy (non-hydrogen) atoms. The number of aryl methyl sites for hydroxylation is 1. The minimum Gasteiger partial charge on any atom is -0.378 e. The van der Waals surface area contributed by atoms with Gasteiger partial charge in [-0.15, -0.1) is 0 Å². The molecule has 7 heteroatoms. The molecule has 1 aliphatic rings. The molecule has 3 aromatic rings. The van der Waals surface area contributed by atoms with E-state index in [9.17, 15) is 4.79 Å². The van der Waals surface area contributed by atoms with Gasteiger partial charge in [0.05, 0.1) is 13.2 Å². The number of benzene rings is 2. The lowest BCUT2D eigenvalue weighted by molar-refractivity contribution is 0.0785. The van der Waals surface area contributed by atoms with Gasteiger partial charge in [-0.25, -0.2) is 0 Å². The number of amides is 1. The SMILES string of the molecule is Cc1noc(-c2ccc(C(=O)N(C)Cc3ccc(N4CCOCC4)cc3)cc2)n1. The number of carbonyl (C=O) groups excluding carboxylic acids is 1. The molecule has 1 aromatic heterocycles. The van der Waals surface area contributed by atoms with E-state index in [1.807, 2.05) is 19.2 Å². The summed E-state index contributed by atoms with van der Waals surface area (Å²) in [6, 6.07) is 15.6. The third-order valence-corrected chi connectivity index (χ3v) is 4.99. The van der Waals surface area contributed by atoms with Crippen molar-refractivity contribution in [2.24, 2.45) is 0 Å². The van der Waals surface area contributed by atoms with E-state index in [0.29, 0.717) is 23.8 Å². The lowest BCUT2D eigenvalue weighted by Crippen LogP contribution is -2.36. The zero-order chi connectivity index (χ0) is 20.2. The smallest absolute Gasteiger partial charge is 0.257 e. The van der Waals surface area contributed by atoms with Gasteiger partial charge in [0.2, 0.25) is 0 Å². The van der Waals surface area contributed by atoms with Gasteiger partial charge < -0.3 is 19.1 Å². The molecule has 0 unspecified atom stereocenters. The number of nitrogens with zero attached hydrogens (tertiary/aromatic N) is 4. The number of hydrogen-bond donors (Lipinski definition) is 0. The molecule has 0 spiro atoms. The Bertz CT molecular complexity index is 960. The van der Waals surface area contributed by atoms with Crippen molar-refractivity contribution < 1.29 is 14.1 Å². The maximum absolute atomic E-state index is 12.8. The fourth-order valence-electron chi connectivity index (χ4n) is 3.37. The predicted molar refractivity (Wildman–Crippen MR) is 110 cm³/mol. The Morgan fingerprint density at radius 3 is 2.38 bits per heavy atom. The summed E-state index contributed by atoms with van der Waals surface area (Å²) in [7, 11) is 1.81. The van der Waals surface area contributed by atoms with Gasteiger partial charge in [0.25, 0.3) is 11.8 Å². The molecule has 0 saturated carbocycles. The Morgan fingerprint density at radius 1 is 1.07 bits per heavy atom. The maximum Gasteiger partial charge on any atom is 0.257 e. The van der Waals surface area contributed by atoms with Gasteiger partial charge in [0.1, 0.15) is 0 Å². The molecular formula is C22H24N4O3. The zero-order valence-corrected chi connectivity index (χ0v) is 16.7. The van der Waals surface area contributed by atoms with E-state index in [-0.39, 0.29) is 5.91 Å². The summed E-state index contributed by atoms with van der Waals surface area (Å²) in [6.07, 6.45) is 0. The van der Waals surface area contributed by atoms with Crippen LogP contribution in [0, 0.1) is 6.92 Å². The summed E-state index contributed by atoms with van der Waals surface area (Å²) in [5.41, 5.74) is 3.70. The standard InChI is InChI=1S/C22H24N4O3/c1-16-23-21(29-24-16)18-5-7-19(8-6-18)22(27)25(2)15-17-3-9-20(10-4-17)26-11-13-28-14-12-26/h3-10H,11-15H2,1-2H3. The quantitative estimate of drug-likeness (QED) is 0.664. The van der Waals surface area contributed by atoms with E-state index in [1.54, 1.807) is 24.0 Å². The van der Waals surface area contributed by atoms with Crippen molar-refractivity contribution >= 4 is 11.6 Å². The second-order valence-electron chi connectivity index (χ2n) is 7.15. The fourth-order valence-corrected chi connectivity index (χ4v) is 3.37. The minimum atomic E-state index is -0.0319. The second-order valence-corrected chi connectivity index (χ2v) is 7.15. The van der Waals surface area contributed by atoms with Crippen LogP contribution in [0.25, 0.3) is 11.5 Å². The highest BCUT2D eigenvalue weighted by molar-refractivity contribution is 5.94. The first-order valence-corrected chi connectivity index (χ1v) is 9.68. The summed E-state index contributed by atoms with van der Waals surface area (Å²) >= 11 is 0. The normalized spacial score (nSPS) is 14.1. The highest BCUT2D eigenvalue weighted by Gasteiger charge is 2.15. The number of rotatable bonds is 5. The van der Waals surface area contributed by atoms with Gasteiger partial charge in [0, 0.05) is 43.5 Å². The van der Waals surface area contributed by atoms with Crippen molar-refractivity contribution in [1.29, 1.82) is 0 Å². The number of anilines is 1. The topological polar surface area (TPSA) is 71.7 Å². The Balaban J connectivity index is 1.38. The van der Waals surface area contributed by atoms with Crippen LogP contribution in [0.4, 0.5) is 5.69 Å². The molecule has 2 aromatic carbocycles. The Labute approximate surface area is 169 Å². The second kappa shape index (κ2) is 8.45. The van der Waals surface area contributed by atoms with Crippen LogP contribution in [-0.2, 0) is 11.3 Å². The molecular weight excluding hydrogens is 368 g/mol. The first-order valence-electron chi connectivity index (χ1n) is 9.68. The van der Waals surface area contributed by atoms with Crippen molar-refractivity contribution in [2.45, 2.75) is 13.5 Å². The molecule has 1 aliphatic heterocycles. The van der Waals surface area contributed by atoms with E-state index in [2.05, 4.69) is 39.3 Å². The molecule has 0 atom stereocenters. The van der Waals surface area contributed by atoms with Crippen molar-refractivity contribution in [1.82, 2.24) is 15.0 Å². The van der Waals surface area contributed by atoms with Crippen LogP contribution in [-0.4, -0.2) is 54.3 Å². The van der Waals surface area contributed by atoms with E-state index in [4.69, 9.17) is 9.26 Å². The van der Waals surface area contributed by atoms with Gasteiger partial charge >= 0.3 is 0 Å². The van der Waals surface area contributed by atoms with Crippen molar-refractivity contribution in [3.63, 3.8) is 0 Å². The Hall–Kier alpha value is -3.19. The number of hydrogen-bond acceptors (Lipinski definition) is 6. The molecule has 0 aliphatic carbocycles. The zero-order valence-electron chi connectivity index (χ0n) is 16.7. The molecule has 1 saturated heterocycles. The Morgan fingerprint density at radius 2 is 1.76 bits per heavy atom. The lowest BCUT2D eigenvalue weighted by atomic mass is 10.1. The van der Waals surface area contributed by atoms with Gasteiger partial charge in [-0.2, -0.15) is 4.98 Å². The van der Waals surface area contributed by atoms with E-state index in [1.165, 1.54) is 5.69 Å². The number of aromatic nitrogens is 2. The van der Waals surface area contributed by atoms with Gasteiger partial charge in [-0.05, 0) is 48.9 Å². The van der Waals surface area contributed by atoms with Crippen LogP contribution >= 0.6 is 0 Å². The number of ether oxygens (including phenoxy) is 1. The molecule has 0 radical (unpaired) electrons. The molecule has 0 N–H and O–H groups in total. The fraction of sp³-hybridized carbons (Fsp3) is 0.318. The number of carbonyl (C=O) groups is 1. The highest BCUT2D eigenvalue weighted by atomic mass is 16.5. The van der Waals surface area contributed by atoms with Crippen LogP contribution < -0.4 is 4.90 Å². The van der Waals surface area contributed by atoms with Crippen LogP contribution in [0.1, 0.15) is 21.7 Å². The molecule has 4 rings (SSSR count). The Kier molecular flexibility index (Phi) is 5.57. The number of morpholine rings is 1. The third kappa shape index (κ3) is 4.46. The van der Waals surface area contributed by atoms with Gasteiger partial charge in [0.15, 0.2) is 5.82 Å². The first-order chi connectivity index (χ1) is 14.1. The summed E-state index contributed by atoms with van der Waals surface area (Å²) < 4.78 is 10.6. The monoisotopic (exact) mass is 392 g/mol.